The molecule has 0 spiro atoms. The van der Waals surface area contributed by atoms with Gasteiger partial charge in [-0.25, -0.2) is 9.18 Å². The molecule has 2 atom stereocenters. The third-order valence-corrected chi connectivity index (χ3v) is 6.64. The van der Waals surface area contributed by atoms with Crippen LogP contribution in [0, 0.1) is 5.82 Å². The average molecular weight is 531 g/mol. The molecule has 1 heterocycles. The quantitative estimate of drug-likeness (QED) is 0.410. The lowest BCUT2D eigenvalue weighted by Gasteiger charge is -2.47. The molecule has 1 fully saturated rings. The maximum atomic E-state index is 15.1. The molecule has 0 bridgehead atoms. The molecule has 10 heteroatoms. The van der Waals surface area contributed by atoms with Gasteiger partial charge in [-0.3, -0.25) is 0 Å². The van der Waals surface area contributed by atoms with Gasteiger partial charge in [-0.15, -0.1) is 0 Å². The van der Waals surface area contributed by atoms with Crippen molar-refractivity contribution in [1.82, 2.24) is 4.90 Å². The molecule has 2 aromatic carbocycles. The molecule has 0 aromatic heterocycles. The highest BCUT2D eigenvalue weighted by atomic mass is 35.5. The van der Waals surface area contributed by atoms with Crippen LogP contribution in [0.25, 0.3) is 11.1 Å². The number of anilines is 1. The van der Waals surface area contributed by atoms with Gasteiger partial charge in [0.15, 0.2) is 0 Å². The van der Waals surface area contributed by atoms with Gasteiger partial charge in [-0.05, 0) is 63.4 Å². The Morgan fingerprint density at radius 1 is 1.22 bits per heavy atom. The molecule has 3 rings (SSSR count). The van der Waals surface area contributed by atoms with E-state index in [-0.39, 0.29) is 34.4 Å². The third-order valence-electron chi connectivity index (χ3n) is 6.33. The number of hydrogen-bond acceptors (Lipinski definition) is 4. The van der Waals surface area contributed by atoms with Crippen molar-refractivity contribution in [2.24, 2.45) is 0 Å². The van der Waals surface area contributed by atoms with Gasteiger partial charge in [-0.1, -0.05) is 30.7 Å². The topological polar surface area (TPSA) is 50.8 Å². The number of piperidine rings is 1. The number of nitrogens with one attached hydrogen (secondary N) is 1. The summed E-state index contributed by atoms with van der Waals surface area (Å²) in [7, 11) is 1.55. The number of likely N-dealkylation sites (tertiary alicyclic amines) is 1. The minimum atomic E-state index is -4.55. The van der Waals surface area contributed by atoms with Gasteiger partial charge in [0.05, 0.1) is 28.9 Å². The molecule has 1 amide bonds. The number of halogens is 5. The van der Waals surface area contributed by atoms with Crippen LogP contribution in [0.3, 0.4) is 0 Å². The number of carbonyl (C=O) groups excluding carboxylic acids is 1. The van der Waals surface area contributed by atoms with E-state index in [4.69, 9.17) is 21.1 Å². The molecular weight excluding hydrogens is 500 g/mol. The molecule has 1 N–H and O–H groups in total. The Labute approximate surface area is 213 Å². The zero-order chi connectivity index (χ0) is 26.9. The second-order valence-electron chi connectivity index (χ2n) is 9.90. The lowest BCUT2D eigenvalue weighted by atomic mass is 9.84. The van der Waals surface area contributed by atoms with E-state index in [0.717, 1.165) is 12.1 Å². The van der Waals surface area contributed by atoms with Crippen LogP contribution < -0.4 is 5.32 Å². The average Bonchev–Trinajstić information content (AvgIpc) is 2.80. The Bertz CT molecular complexity index is 1100. The molecule has 0 aliphatic carbocycles. The Hall–Kier alpha value is -2.52. The second kappa shape index (κ2) is 10.5. The Morgan fingerprint density at radius 2 is 1.92 bits per heavy atom. The first-order valence-electron chi connectivity index (χ1n) is 11.7. The zero-order valence-corrected chi connectivity index (χ0v) is 21.7. The summed E-state index contributed by atoms with van der Waals surface area (Å²) in [6.07, 6.45) is -3.96. The first-order chi connectivity index (χ1) is 16.7. The van der Waals surface area contributed by atoms with Gasteiger partial charge < -0.3 is 19.7 Å². The highest BCUT2D eigenvalue weighted by Gasteiger charge is 2.45. The lowest BCUT2D eigenvalue weighted by molar-refractivity contribution is -0.137. The number of carbonyl (C=O) groups is 1. The van der Waals surface area contributed by atoms with E-state index >= 15 is 4.39 Å². The summed E-state index contributed by atoms with van der Waals surface area (Å²) in [4.78, 5) is 14.2. The molecule has 198 valence electrons. The van der Waals surface area contributed by atoms with E-state index in [0.29, 0.717) is 19.4 Å². The summed E-state index contributed by atoms with van der Waals surface area (Å²) in [5, 5.41) is 3.40. The fourth-order valence-electron chi connectivity index (χ4n) is 4.39. The van der Waals surface area contributed by atoms with E-state index in [1.807, 2.05) is 6.92 Å². The standard InChI is InChI=1S/C26H31ClF4N2O3/c1-6-25(35-5)15-33(23(34)36-24(2,3)4)11-10-22(25)32-21-14-20(28)18(13-19(21)27)16-8-7-9-17(12-16)26(29,30)31/h7-9,12-14,22,32H,6,10-11,15H2,1-5H3/t22-,25-/m1/s1. The summed E-state index contributed by atoms with van der Waals surface area (Å²) < 4.78 is 65.8. The largest absolute Gasteiger partial charge is 0.444 e. The highest BCUT2D eigenvalue weighted by Crippen LogP contribution is 2.38. The number of alkyl halides is 3. The van der Waals surface area contributed by atoms with Crippen LogP contribution in [0.4, 0.5) is 28.0 Å². The number of benzene rings is 2. The van der Waals surface area contributed by atoms with Gasteiger partial charge in [0, 0.05) is 19.2 Å². The highest BCUT2D eigenvalue weighted by molar-refractivity contribution is 6.33. The Kier molecular flexibility index (Phi) is 8.15. The van der Waals surface area contributed by atoms with Gasteiger partial charge >= 0.3 is 12.3 Å². The Morgan fingerprint density at radius 3 is 2.50 bits per heavy atom. The fraction of sp³-hybridized carbons (Fsp3) is 0.500. The van der Waals surface area contributed by atoms with E-state index in [9.17, 15) is 18.0 Å². The molecule has 36 heavy (non-hydrogen) atoms. The van der Waals surface area contributed by atoms with E-state index in [1.54, 1.807) is 32.8 Å². The van der Waals surface area contributed by atoms with Crippen molar-refractivity contribution in [2.75, 3.05) is 25.5 Å². The monoisotopic (exact) mass is 530 g/mol. The van der Waals surface area contributed by atoms with E-state index in [1.165, 1.54) is 24.3 Å². The van der Waals surface area contributed by atoms with Crippen LogP contribution in [0.15, 0.2) is 36.4 Å². The number of ether oxygens (including phenoxy) is 2. The summed E-state index contributed by atoms with van der Waals surface area (Å²) >= 11 is 6.45. The molecule has 5 nitrogen and oxygen atoms in total. The van der Waals surface area contributed by atoms with Crippen LogP contribution in [-0.2, 0) is 15.7 Å². The third kappa shape index (κ3) is 6.24. The molecule has 1 aliphatic rings. The van der Waals surface area contributed by atoms with Gasteiger partial charge in [-0.2, -0.15) is 13.2 Å². The van der Waals surface area contributed by atoms with Crippen LogP contribution in [0.1, 0.15) is 46.1 Å². The minimum Gasteiger partial charge on any atom is -0.444 e. The van der Waals surface area contributed by atoms with Crippen LogP contribution in [-0.4, -0.2) is 48.4 Å². The van der Waals surface area contributed by atoms with Gasteiger partial charge in [0.2, 0.25) is 0 Å². The SMILES string of the molecule is CC[C@@]1(OC)CN(C(=O)OC(C)(C)C)CC[C@H]1Nc1cc(F)c(-c2cccc(C(F)(F)F)c2)cc1Cl. The van der Waals surface area contributed by atoms with E-state index in [2.05, 4.69) is 5.32 Å². The van der Waals surface area contributed by atoms with Gasteiger partial charge in [0.1, 0.15) is 17.0 Å². The first kappa shape index (κ1) is 28.1. The number of nitrogens with zero attached hydrogens (tertiary/aromatic N) is 1. The molecule has 1 saturated heterocycles. The van der Waals surface area contributed by atoms with Crippen LogP contribution in [0.5, 0.6) is 0 Å². The van der Waals surface area contributed by atoms with Crippen molar-refractivity contribution < 1.29 is 31.8 Å². The van der Waals surface area contributed by atoms with Crippen LogP contribution >= 0.6 is 11.6 Å². The predicted octanol–water partition coefficient (Wildman–Crippen LogP) is 7.38. The van der Waals surface area contributed by atoms with E-state index < -0.39 is 34.9 Å². The summed E-state index contributed by atoms with van der Waals surface area (Å²) in [5.41, 5.74) is -1.99. The zero-order valence-electron chi connectivity index (χ0n) is 20.9. The number of methoxy groups -OCH3 is 1. The van der Waals surface area contributed by atoms with Crippen molar-refractivity contribution in [3.63, 3.8) is 0 Å². The summed E-state index contributed by atoms with van der Waals surface area (Å²) in [5.74, 6) is -0.716. The maximum absolute atomic E-state index is 15.1. The normalized spacial score (nSPS) is 20.8. The Balaban J connectivity index is 1.86. The molecule has 0 saturated carbocycles. The van der Waals surface area contributed by atoms with Crippen molar-refractivity contribution in [2.45, 2.75) is 64.0 Å². The fourth-order valence-corrected chi connectivity index (χ4v) is 4.60. The molecule has 1 aliphatic heterocycles. The molecule has 2 aromatic rings. The van der Waals surface area contributed by atoms with Crippen LogP contribution in [0.2, 0.25) is 5.02 Å². The maximum Gasteiger partial charge on any atom is 0.416 e. The molecular formula is C26H31ClF4N2O3. The number of rotatable bonds is 5. The van der Waals surface area contributed by atoms with Crippen molar-refractivity contribution in [1.29, 1.82) is 0 Å². The lowest BCUT2D eigenvalue weighted by Crippen LogP contribution is -2.61. The number of hydrogen-bond donors (Lipinski definition) is 1. The summed E-state index contributed by atoms with van der Waals surface area (Å²) in [6, 6.07) is 6.61. The summed E-state index contributed by atoms with van der Waals surface area (Å²) in [6.45, 7) is 7.96. The minimum absolute atomic E-state index is 0.0371. The smallest absolute Gasteiger partial charge is 0.416 e. The predicted molar refractivity (Wildman–Crippen MR) is 132 cm³/mol. The van der Waals surface area contributed by atoms with Crippen molar-refractivity contribution in [3.05, 3.63) is 52.8 Å². The number of amides is 1. The molecule has 0 unspecified atom stereocenters. The van der Waals surface area contributed by atoms with Crippen molar-refractivity contribution >= 4 is 23.4 Å². The second-order valence-corrected chi connectivity index (χ2v) is 10.3. The first-order valence-corrected chi connectivity index (χ1v) is 12.0. The molecule has 0 radical (unpaired) electrons. The van der Waals surface area contributed by atoms with Gasteiger partial charge in [0.25, 0.3) is 0 Å². The van der Waals surface area contributed by atoms with Crippen molar-refractivity contribution in [3.8, 4) is 11.1 Å².